The molecule has 1 aliphatic heterocycles. The molecule has 1 amide bonds. The van der Waals surface area contributed by atoms with Crippen LogP contribution in [0.15, 0.2) is 27.7 Å². The van der Waals surface area contributed by atoms with Gasteiger partial charge in [0.1, 0.15) is 16.8 Å². The van der Waals surface area contributed by atoms with E-state index in [1.807, 2.05) is 0 Å². The van der Waals surface area contributed by atoms with E-state index < -0.39 is 0 Å². The number of rotatable bonds is 2. The Morgan fingerprint density at radius 1 is 1.67 bits per heavy atom. The summed E-state index contributed by atoms with van der Waals surface area (Å²) in [5.74, 6) is 0.303. The molecule has 1 aromatic rings. The molecule has 1 fully saturated rings. The summed E-state index contributed by atoms with van der Waals surface area (Å²) in [4.78, 5) is 13.2. The lowest BCUT2D eigenvalue weighted by molar-refractivity contribution is -0.124. The van der Waals surface area contributed by atoms with E-state index in [-0.39, 0.29) is 12.6 Å². The van der Waals surface area contributed by atoms with Gasteiger partial charge in [-0.3, -0.25) is 9.69 Å². The van der Waals surface area contributed by atoms with Crippen LogP contribution >= 0.6 is 24.0 Å². The number of hydrogen-bond donors (Lipinski definition) is 1. The maximum atomic E-state index is 11.6. The predicted octanol–water partition coefficient (Wildman–Crippen LogP) is 1.43. The van der Waals surface area contributed by atoms with Gasteiger partial charge >= 0.3 is 0 Å². The molecule has 15 heavy (non-hydrogen) atoms. The van der Waals surface area contributed by atoms with Crippen LogP contribution in [0.5, 0.6) is 0 Å². The molecule has 0 aromatic carbocycles. The number of aliphatic hydroxyl groups is 1. The Hall–Kier alpha value is -1.11. The minimum atomic E-state index is -0.389. The first-order valence-corrected chi connectivity index (χ1v) is 5.34. The molecule has 0 radical (unpaired) electrons. The summed E-state index contributed by atoms with van der Waals surface area (Å²) in [6.45, 7) is -0.389. The Morgan fingerprint density at radius 2 is 2.47 bits per heavy atom. The molecule has 0 atom stereocenters. The highest BCUT2D eigenvalue weighted by atomic mass is 32.2. The molecule has 78 valence electrons. The van der Waals surface area contributed by atoms with Crippen LogP contribution in [0.1, 0.15) is 5.76 Å². The van der Waals surface area contributed by atoms with Crippen molar-refractivity contribution in [1.29, 1.82) is 0 Å². The van der Waals surface area contributed by atoms with E-state index in [0.29, 0.717) is 15.0 Å². The first-order valence-electron chi connectivity index (χ1n) is 4.12. The van der Waals surface area contributed by atoms with Gasteiger partial charge in [0.2, 0.25) is 0 Å². The first kappa shape index (κ1) is 10.4. The number of carbonyl (C=O) groups excluding carboxylic acids is 1. The lowest BCUT2D eigenvalue weighted by Gasteiger charge is -2.08. The van der Waals surface area contributed by atoms with E-state index in [1.165, 1.54) is 6.26 Å². The number of nitrogens with zero attached hydrogens (tertiary/aromatic N) is 1. The summed E-state index contributed by atoms with van der Waals surface area (Å²) in [6.07, 6.45) is 3.13. The first-order chi connectivity index (χ1) is 7.22. The number of thioether (sulfide) groups is 1. The third-order valence-corrected chi connectivity index (χ3v) is 3.21. The summed E-state index contributed by atoms with van der Waals surface area (Å²) in [5.41, 5.74) is 0. The van der Waals surface area contributed by atoms with Crippen LogP contribution in [-0.2, 0) is 4.79 Å². The summed E-state index contributed by atoms with van der Waals surface area (Å²) < 4.78 is 5.44. The maximum absolute atomic E-state index is 11.6. The molecule has 0 bridgehead atoms. The molecular weight excluding hydrogens is 234 g/mol. The van der Waals surface area contributed by atoms with Gasteiger partial charge in [0.25, 0.3) is 5.91 Å². The molecule has 2 heterocycles. The van der Waals surface area contributed by atoms with Crippen molar-refractivity contribution in [3.63, 3.8) is 0 Å². The molecule has 1 saturated heterocycles. The molecule has 0 spiro atoms. The number of thiocarbonyl (C=S) groups is 1. The van der Waals surface area contributed by atoms with Crippen molar-refractivity contribution >= 4 is 40.3 Å². The third kappa shape index (κ3) is 1.97. The fraction of sp³-hybridized carbons (Fsp3) is 0.111. The fourth-order valence-corrected chi connectivity index (χ4v) is 2.35. The van der Waals surface area contributed by atoms with Crippen molar-refractivity contribution in [3.8, 4) is 0 Å². The third-order valence-electron chi connectivity index (χ3n) is 1.83. The lowest BCUT2D eigenvalue weighted by atomic mass is 10.4. The molecule has 2 rings (SSSR count). The van der Waals surface area contributed by atoms with Gasteiger partial charge in [-0.2, -0.15) is 0 Å². The second-order valence-electron chi connectivity index (χ2n) is 2.77. The van der Waals surface area contributed by atoms with Gasteiger partial charge in [-0.1, -0.05) is 24.0 Å². The number of carbonyl (C=O) groups is 1. The van der Waals surface area contributed by atoms with Crippen molar-refractivity contribution in [2.75, 3.05) is 6.73 Å². The molecule has 0 unspecified atom stereocenters. The van der Waals surface area contributed by atoms with Crippen LogP contribution in [0.2, 0.25) is 0 Å². The molecule has 0 saturated carbocycles. The van der Waals surface area contributed by atoms with Crippen molar-refractivity contribution < 1.29 is 14.3 Å². The minimum absolute atomic E-state index is 0.288. The smallest absolute Gasteiger partial charge is 0.268 e. The van der Waals surface area contributed by atoms with Gasteiger partial charge in [-0.05, 0) is 12.1 Å². The molecule has 0 aliphatic carbocycles. The second kappa shape index (κ2) is 4.18. The molecule has 1 aliphatic rings. The summed E-state index contributed by atoms with van der Waals surface area (Å²) >= 11 is 6.08. The Bertz CT molecular complexity index is 425. The Kier molecular flexibility index (Phi) is 2.90. The van der Waals surface area contributed by atoms with Crippen molar-refractivity contribution in [1.82, 2.24) is 4.90 Å². The molecule has 1 N–H and O–H groups in total. The monoisotopic (exact) mass is 241 g/mol. The SMILES string of the molecule is O=C1/C(=C/c2ccco2)SC(=S)N1CO. The van der Waals surface area contributed by atoms with Crippen LogP contribution in [0, 0.1) is 0 Å². The van der Waals surface area contributed by atoms with Gasteiger partial charge < -0.3 is 9.52 Å². The second-order valence-corrected chi connectivity index (χ2v) is 4.44. The maximum Gasteiger partial charge on any atom is 0.268 e. The zero-order valence-electron chi connectivity index (χ0n) is 7.54. The zero-order chi connectivity index (χ0) is 10.8. The largest absolute Gasteiger partial charge is 0.465 e. The number of furan rings is 1. The van der Waals surface area contributed by atoms with Gasteiger partial charge in [-0.25, -0.2) is 0 Å². The van der Waals surface area contributed by atoms with Crippen LogP contribution in [0.4, 0.5) is 0 Å². The quantitative estimate of drug-likeness (QED) is 0.627. The van der Waals surface area contributed by atoms with Crippen molar-refractivity contribution in [2.45, 2.75) is 0 Å². The molecule has 6 heteroatoms. The highest BCUT2D eigenvalue weighted by molar-refractivity contribution is 8.26. The Morgan fingerprint density at radius 3 is 3.00 bits per heavy atom. The van der Waals surface area contributed by atoms with Gasteiger partial charge in [0.05, 0.1) is 11.2 Å². The van der Waals surface area contributed by atoms with Crippen LogP contribution in [-0.4, -0.2) is 27.0 Å². The zero-order valence-corrected chi connectivity index (χ0v) is 9.18. The van der Waals surface area contributed by atoms with E-state index >= 15 is 0 Å². The lowest BCUT2D eigenvalue weighted by Crippen LogP contribution is -2.28. The summed E-state index contributed by atoms with van der Waals surface area (Å²) in [7, 11) is 0. The van der Waals surface area contributed by atoms with Gasteiger partial charge in [-0.15, -0.1) is 0 Å². The van der Waals surface area contributed by atoms with E-state index in [0.717, 1.165) is 16.7 Å². The molecule has 4 nitrogen and oxygen atoms in total. The highest BCUT2D eigenvalue weighted by Crippen LogP contribution is 2.31. The normalized spacial score (nSPS) is 19.3. The summed E-state index contributed by atoms with van der Waals surface area (Å²) in [5, 5.41) is 8.90. The van der Waals surface area contributed by atoms with Gasteiger partial charge in [0, 0.05) is 6.08 Å². The fourth-order valence-electron chi connectivity index (χ4n) is 1.12. The molecule has 1 aromatic heterocycles. The number of aliphatic hydroxyl groups excluding tert-OH is 1. The minimum Gasteiger partial charge on any atom is -0.465 e. The van der Waals surface area contributed by atoms with E-state index in [9.17, 15) is 4.79 Å². The van der Waals surface area contributed by atoms with Crippen molar-refractivity contribution in [2.24, 2.45) is 0 Å². The van der Waals surface area contributed by atoms with E-state index in [1.54, 1.807) is 18.2 Å². The standard InChI is InChI=1S/C9H7NO3S2/c11-5-10-8(12)7(15-9(10)14)4-6-2-1-3-13-6/h1-4,11H,5H2/b7-4-. The van der Waals surface area contributed by atoms with E-state index in [4.69, 9.17) is 21.7 Å². The van der Waals surface area contributed by atoms with Crippen LogP contribution < -0.4 is 0 Å². The highest BCUT2D eigenvalue weighted by Gasteiger charge is 2.31. The van der Waals surface area contributed by atoms with Crippen molar-refractivity contribution in [3.05, 3.63) is 29.1 Å². The number of amides is 1. The number of hydrogen-bond acceptors (Lipinski definition) is 5. The van der Waals surface area contributed by atoms with E-state index in [2.05, 4.69) is 0 Å². The Balaban J connectivity index is 2.26. The Labute approximate surface area is 95.6 Å². The predicted molar refractivity (Wildman–Crippen MR) is 60.8 cm³/mol. The average molecular weight is 241 g/mol. The molecular formula is C9H7NO3S2. The average Bonchev–Trinajstić information content (AvgIpc) is 2.78. The summed E-state index contributed by atoms with van der Waals surface area (Å²) in [6, 6.07) is 3.48. The van der Waals surface area contributed by atoms with Crippen LogP contribution in [0.3, 0.4) is 0 Å². The van der Waals surface area contributed by atoms with Gasteiger partial charge in [0.15, 0.2) is 0 Å². The topological polar surface area (TPSA) is 53.7 Å². The van der Waals surface area contributed by atoms with Crippen LogP contribution in [0.25, 0.3) is 6.08 Å².